The number of carbonyl (C=O) groups is 2. The highest BCUT2D eigenvalue weighted by molar-refractivity contribution is 7.13. The third kappa shape index (κ3) is 6.03. The Bertz CT molecular complexity index is 905. The molecule has 2 atom stereocenters. The summed E-state index contributed by atoms with van der Waals surface area (Å²) in [6.07, 6.45) is 6.89. The first-order valence-electron chi connectivity index (χ1n) is 10.6. The molecule has 1 aliphatic heterocycles. The van der Waals surface area contributed by atoms with Crippen molar-refractivity contribution >= 4 is 28.9 Å². The summed E-state index contributed by atoms with van der Waals surface area (Å²) in [6.45, 7) is 2.84. The monoisotopic (exact) mass is 443 g/mol. The van der Waals surface area contributed by atoms with Gasteiger partial charge in [0.15, 0.2) is 0 Å². The van der Waals surface area contributed by atoms with Crippen LogP contribution in [0.3, 0.4) is 0 Å². The van der Waals surface area contributed by atoms with Gasteiger partial charge >= 0.3 is 5.97 Å². The van der Waals surface area contributed by atoms with Crippen molar-refractivity contribution in [3.05, 3.63) is 63.9 Å². The van der Waals surface area contributed by atoms with Gasteiger partial charge in [-0.15, -0.1) is 11.3 Å². The van der Waals surface area contributed by atoms with Crippen LogP contribution >= 0.6 is 11.3 Å². The molecule has 2 heterocycles. The molecule has 0 fully saturated rings. The Kier molecular flexibility index (Phi) is 8.40. The minimum absolute atomic E-state index is 0.0889. The smallest absolute Gasteiger partial charge is 0.348 e. The zero-order valence-corrected chi connectivity index (χ0v) is 18.8. The van der Waals surface area contributed by atoms with E-state index in [-0.39, 0.29) is 17.9 Å². The molecule has 0 bridgehead atoms. The van der Waals surface area contributed by atoms with Crippen molar-refractivity contribution in [3.8, 4) is 0 Å². The van der Waals surface area contributed by atoms with E-state index in [9.17, 15) is 14.7 Å². The third-order valence-electron chi connectivity index (χ3n) is 5.25. The first-order chi connectivity index (χ1) is 15.0. The molecule has 1 aromatic heterocycles. The fourth-order valence-corrected chi connectivity index (χ4v) is 4.39. The molecular formula is C24H29NO5S. The topological polar surface area (TPSA) is 76.1 Å². The zero-order chi connectivity index (χ0) is 22.2. The summed E-state index contributed by atoms with van der Waals surface area (Å²) in [5.74, 6) is -0.445. The van der Waals surface area contributed by atoms with Crippen LogP contribution in [-0.2, 0) is 20.9 Å². The summed E-state index contributed by atoms with van der Waals surface area (Å²) < 4.78 is 10.5. The number of aliphatic hydroxyl groups is 1. The van der Waals surface area contributed by atoms with Crippen molar-refractivity contribution in [2.45, 2.75) is 51.4 Å². The second-order valence-electron chi connectivity index (χ2n) is 7.51. The number of carbonyl (C=O) groups excluding carboxylic acids is 2. The minimum atomic E-state index is -0.479. The molecule has 0 radical (unpaired) electrons. The standard InChI is InChI=1S/C24H29NO5S/c1-3-4-5-6-21(26)17-7-9-18(10-8-17)25-19(11-14-23(25)27)15-30-16-20-12-13-22(31-20)24(28)29-2/h7-14,19,21,26H,3-6,15-16H2,1-2H3/t19-,21?/m1/s1. The number of thiophene rings is 1. The molecular weight excluding hydrogens is 414 g/mol. The summed E-state index contributed by atoms with van der Waals surface area (Å²) in [5, 5.41) is 10.3. The Labute approximate surface area is 187 Å². The number of esters is 1. The predicted octanol–water partition coefficient (Wildman–Crippen LogP) is 4.64. The maximum Gasteiger partial charge on any atom is 0.348 e. The fourth-order valence-electron chi connectivity index (χ4n) is 3.53. The fraction of sp³-hybridized carbons (Fsp3) is 0.417. The van der Waals surface area contributed by atoms with Gasteiger partial charge in [-0.25, -0.2) is 4.79 Å². The van der Waals surface area contributed by atoms with E-state index in [2.05, 4.69) is 6.92 Å². The molecule has 31 heavy (non-hydrogen) atoms. The molecule has 1 unspecified atom stereocenters. The molecule has 1 N–H and O–H groups in total. The first kappa shape index (κ1) is 23.2. The first-order valence-corrected chi connectivity index (χ1v) is 11.4. The van der Waals surface area contributed by atoms with Crippen molar-refractivity contribution in [2.24, 2.45) is 0 Å². The molecule has 0 aliphatic carbocycles. The molecule has 2 aromatic rings. The number of unbranched alkanes of at least 4 members (excludes halogenated alkanes) is 2. The number of ether oxygens (including phenoxy) is 2. The maximum absolute atomic E-state index is 12.4. The number of amides is 1. The molecule has 0 saturated heterocycles. The van der Waals surface area contributed by atoms with E-state index in [1.807, 2.05) is 36.4 Å². The van der Waals surface area contributed by atoms with Crippen molar-refractivity contribution in [3.63, 3.8) is 0 Å². The Morgan fingerprint density at radius 1 is 1.19 bits per heavy atom. The number of hydrogen-bond donors (Lipinski definition) is 1. The summed E-state index contributed by atoms with van der Waals surface area (Å²) in [5.41, 5.74) is 1.64. The third-order valence-corrected chi connectivity index (χ3v) is 6.29. The molecule has 1 aliphatic rings. The Morgan fingerprint density at radius 2 is 1.97 bits per heavy atom. The van der Waals surface area contributed by atoms with E-state index in [0.717, 1.165) is 41.8 Å². The lowest BCUT2D eigenvalue weighted by Crippen LogP contribution is -2.36. The molecule has 0 saturated carbocycles. The number of rotatable bonds is 11. The number of anilines is 1. The van der Waals surface area contributed by atoms with E-state index < -0.39 is 6.10 Å². The van der Waals surface area contributed by atoms with Gasteiger partial charge in [0.25, 0.3) is 5.91 Å². The van der Waals surface area contributed by atoms with Gasteiger partial charge < -0.3 is 14.6 Å². The second-order valence-corrected chi connectivity index (χ2v) is 8.68. The summed E-state index contributed by atoms with van der Waals surface area (Å²) in [4.78, 5) is 27.1. The number of nitrogens with zero attached hydrogens (tertiary/aromatic N) is 1. The molecule has 6 nitrogen and oxygen atoms in total. The number of benzene rings is 1. The van der Waals surface area contributed by atoms with Crippen LogP contribution in [-0.4, -0.2) is 36.7 Å². The van der Waals surface area contributed by atoms with E-state index in [0.29, 0.717) is 18.1 Å². The van der Waals surface area contributed by atoms with Crippen molar-refractivity contribution < 1.29 is 24.2 Å². The van der Waals surface area contributed by atoms with Crippen LogP contribution in [0.25, 0.3) is 0 Å². The highest BCUT2D eigenvalue weighted by Gasteiger charge is 2.27. The maximum atomic E-state index is 12.4. The van der Waals surface area contributed by atoms with Crippen LogP contribution in [0.1, 0.15) is 58.8 Å². The Hall–Kier alpha value is -2.48. The average Bonchev–Trinajstić information content (AvgIpc) is 3.40. The lowest BCUT2D eigenvalue weighted by molar-refractivity contribution is -0.114. The van der Waals surface area contributed by atoms with Gasteiger partial charge in [0.05, 0.1) is 32.5 Å². The summed E-state index contributed by atoms with van der Waals surface area (Å²) in [7, 11) is 1.36. The normalized spacial score (nSPS) is 16.7. The van der Waals surface area contributed by atoms with Gasteiger partial charge in [-0.2, -0.15) is 0 Å². The van der Waals surface area contributed by atoms with Crippen LogP contribution in [0.4, 0.5) is 5.69 Å². The van der Waals surface area contributed by atoms with Gasteiger partial charge in [-0.1, -0.05) is 44.4 Å². The number of hydrogen-bond acceptors (Lipinski definition) is 6. The van der Waals surface area contributed by atoms with Gasteiger partial charge in [0.1, 0.15) is 4.88 Å². The van der Waals surface area contributed by atoms with Crippen LogP contribution in [0.2, 0.25) is 0 Å². The van der Waals surface area contributed by atoms with Gasteiger partial charge in [-0.05, 0) is 36.2 Å². The van der Waals surface area contributed by atoms with Crippen molar-refractivity contribution in [1.82, 2.24) is 0 Å². The molecule has 1 amide bonds. The average molecular weight is 444 g/mol. The summed E-state index contributed by atoms with van der Waals surface area (Å²) in [6, 6.07) is 10.9. The molecule has 1 aromatic carbocycles. The van der Waals surface area contributed by atoms with E-state index in [4.69, 9.17) is 9.47 Å². The van der Waals surface area contributed by atoms with Crippen LogP contribution in [0, 0.1) is 0 Å². The predicted molar refractivity (Wildman–Crippen MR) is 121 cm³/mol. The van der Waals surface area contributed by atoms with E-state index in [1.165, 1.54) is 18.4 Å². The van der Waals surface area contributed by atoms with E-state index >= 15 is 0 Å². The minimum Gasteiger partial charge on any atom is -0.465 e. The summed E-state index contributed by atoms with van der Waals surface area (Å²) >= 11 is 1.34. The highest BCUT2D eigenvalue weighted by atomic mass is 32.1. The number of methoxy groups -OCH3 is 1. The van der Waals surface area contributed by atoms with Crippen LogP contribution in [0.15, 0.2) is 48.6 Å². The van der Waals surface area contributed by atoms with Gasteiger partial charge in [0, 0.05) is 16.6 Å². The van der Waals surface area contributed by atoms with Crippen molar-refractivity contribution in [1.29, 1.82) is 0 Å². The zero-order valence-electron chi connectivity index (χ0n) is 18.0. The SMILES string of the molecule is CCCCCC(O)c1ccc(N2C(=O)C=C[C@@H]2COCc2ccc(C(=O)OC)s2)cc1. The molecule has 166 valence electrons. The number of aliphatic hydroxyl groups excluding tert-OH is 1. The molecule has 7 heteroatoms. The second kappa shape index (κ2) is 11.2. The largest absolute Gasteiger partial charge is 0.465 e. The van der Waals surface area contributed by atoms with E-state index in [1.54, 1.807) is 17.0 Å². The van der Waals surface area contributed by atoms with Crippen LogP contribution in [0.5, 0.6) is 0 Å². The van der Waals surface area contributed by atoms with Gasteiger partial charge in [0.2, 0.25) is 0 Å². The molecule has 3 rings (SSSR count). The Balaban J connectivity index is 1.56. The quantitative estimate of drug-likeness (QED) is 0.405. The van der Waals surface area contributed by atoms with Gasteiger partial charge in [-0.3, -0.25) is 9.69 Å². The highest BCUT2D eigenvalue weighted by Crippen LogP contribution is 2.27. The van der Waals surface area contributed by atoms with Crippen LogP contribution < -0.4 is 4.90 Å². The Morgan fingerprint density at radius 3 is 2.68 bits per heavy atom. The molecule has 0 spiro atoms. The van der Waals surface area contributed by atoms with Crippen molar-refractivity contribution in [2.75, 3.05) is 18.6 Å². The lowest BCUT2D eigenvalue weighted by atomic mass is 10.0. The lowest BCUT2D eigenvalue weighted by Gasteiger charge is -2.25.